The second-order valence-electron chi connectivity index (χ2n) is 3.65. The van der Waals surface area contributed by atoms with Crippen molar-refractivity contribution in [3.63, 3.8) is 0 Å². The molecule has 0 spiro atoms. The van der Waals surface area contributed by atoms with Crippen LogP contribution < -0.4 is 0 Å². The standard InChI is InChI=1S/C15H15NO.C2H6/c1-4-6-15(13(3)11-16)17-14-8-5-7-12(2)9-10-14;1-2/h4-6,8-10H,1,3,7H2,2H3;1-2H3/b15-6+;. The molecule has 0 radical (unpaired) electrons. The predicted molar refractivity (Wildman–Crippen MR) is 81.1 cm³/mol. The molecule has 0 unspecified atom stereocenters. The van der Waals surface area contributed by atoms with Gasteiger partial charge in [-0.2, -0.15) is 5.26 Å². The average Bonchev–Trinajstić information content (AvgIpc) is 2.64. The zero-order valence-electron chi connectivity index (χ0n) is 11.9. The van der Waals surface area contributed by atoms with E-state index in [4.69, 9.17) is 10.00 Å². The molecule has 1 rings (SSSR count). The Morgan fingerprint density at radius 3 is 2.68 bits per heavy atom. The van der Waals surface area contributed by atoms with Crippen LogP contribution in [0.1, 0.15) is 27.2 Å². The van der Waals surface area contributed by atoms with E-state index in [1.807, 2.05) is 44.2 Å². The second-order valence-corrected chi connectivity index (χ2v) is 3.65. The van der Waals surface area contributed by atoms with Crippen LogP contribution in [-0.4, -0.2) is 0 Å². The van der Waals surface area contributed by atoms with Crippen LogP contribution in [0.3, 0.4) is 0 Å². The molecule has 0 bridgehead atoms. The molecule has 0 amide bonds. The fourth-order valence-corrected chi connectivity index (χ4v) is 1.26. The Balaban J connectivity index is 0.00000154. The Hall–Kier alpha value is -2.27. The van der Waals surface area contributed by atoms with E-state index in [2.05, 4.69) is 20.1 Å². The van der Waals surface area contributed by atoms with Crippen molar-refractivity contribution in [2.24, 2.45) is 0 Å². The molecule has 0 atom stereocenters. The molecule has 1 aliphatic rings. The predicted octanol–water partition coefficient (Wildman–Crippen LogP) is 4.97. The third-order valence-electron chi connectivity index (χ3n) is 2.18. The highest BCUT2D eigenvalue weighted by Gasteiger charge is 2.05. The lowest BCUT2D eigenvalue weighted by Gasteiger charge is -2.07. The van der Waals surface area contributed by atoms with Gasteiger partial charge in [0.15, 0.2) is 0 Å². The lowest BCUT2D eigenvalue weighted by molar-refractivity contribution is 0.333. The van der Waals surface area contributed by atoms with Crippen molar-refractivity contribution >= 4 is 0 Å². The number of hydrogen-bond donors (Lipinski definition) is 0. The number of allylic oxidation sites excluding steroid dienone is 8. The summed E-state index contributed by atoms with van der Waals surface area (Å²) in [7, 11) is 0. The molecule has 0 aliphatic heterocycles. The summed E-state index contributed by atoms with van der Waals surface area (Å²) >= 11 is 0. The van der Waals surface area contributed by atoms with Gasteiger partial charge >= 0.3 is 0 Å². The quantitative estimate of drug-likeness (QED) is 0.403. The summed E-state index contributed by atoms with van der Waals surface area (Å²) < 4.78 is 5.61. The monoisotopic (exact) mass is 255 g/mol. The van der Waals surface area contributed by atoms with E-state index in [-0.39, 0.29) is 5.57 Å². The molecule has 0 fully saturated rings. The van der Waals surface area contributed by atoms with Crippen molar-refractivity contribution in [1.82, 2.24) is 0 Å². The molecule has 0 aromatic heterocycles. The summed E-state index contributed by atoms with van der Waals surface area (Å²) in [6.07, 6.45) is 11.9. The molecular formula is C17H21NO. The van der Waals surface area contributed by atoms with Crippen LogP contribution in [0.4, 0.5) is 0 Å². The SMILES string of the molecule is C=C/C=C(/OC1=CC=C(C)CC=C1)C(=C)C#N.CC. The molecule has 2 nitrogen and oxygen atoms in total. The highest BCUT2D eigenvalue weighted by atomic mass is 16.5. The number of hydrogen-bond acceptors (Lipinski definition) is 2. The molecule has 0 aromatic carbocycles. The zero-order chi connectivity index (χ0) is 14.7. The summed E-state index contributed by atoms with van der Waals surface area (Å²) in [5, 5.41) is 8.80. The van der Waals surface area contributed by atoms with Gasteiger partial charge in [-0.3, -0.25) is 0 Å². The lowest BCUT2D eigenvalue weighted by Crippen LogP contribution is -1.93. The van der Waals surface area contributed by atoms with Gasteiger partial charge in [0.1, 0.15) is 17.6 Å². The van der Waals surface area contributed by atoms with Gasteiger partial charge < -0.3 is 4.74 Å². The lowest BCUT2D eigenvalue weighted by atomic mass is 10.2. The topological polar surface area (TPSA) is 33.0 Å². The fourth-order valence-electron chi connectivity index (χ4n) is 1.26. The van der Waals surface area contributed by atoms with Crippen molar-refractivity contribution in [1.29, 1.82) is 5.26 Å². The number of nitriles is 1. The van der Waals surface area contributed by atoms with Crippen molar-refractivity contribution in [3.05, 3.63) is 72.3 Å². The fraction of sp³-hybridized carbons (Fsp3) is 0.235. The van der Waals surface area contributed by atoms with E-state index in [0.29, 0.717) is 11.5 Å². The maximum atomic E-state index is 8.80. The minimum absolute atomic E-state index is 0.282. The van der Waals surface area contributed by atoms with Crippen LogP contribution in [0, 0.1) is 11.3 Å². The van der Waals surface area contributed by atoms with Gasteiger partial charge in [-0.1, -0.05) is 50.8 Å². The molecule has 0 saturated heterocycles. The summed E-state index contributed by atoms with van der Waals surface area (Å²) in [6, 6.07) is 1.96. The highest BCUT2D eigenvalue weighted by molar-refractivity contribution is 5.39. The van der Waals surface area contributed by atoms with Gasteiger partial charge in [0.2, 0.25) is 0 Å². The molecule has 2 heteroatoms. The van der Waals surface area contributed by atoms with Crippen molar-refractivity contribution in [2.75, 3.05) is 0 Å². The Morgan fingerprint density at radius 1 is 1.42 bits per heavy atom. The van der Waals surface area contributed by atoms with Gasteiger partial charge in [0.05, 0.1) is 5.57 Å². The molecule has 0 N–H and O–H groups in total. The zero-order valence-corrected chi connectivity index (χ0v) is 11.9. The molecule has 0 saturated carbocycles. The van der Waals surface area contributed by atoms with Crippen LogP contribution in [-0.2, 0) is 4.74 Å². The van der Waals surface area contributed by atoms with Crippen LogP contribution in [0.2, 0.25) is 0 Å². The van der Waals surface area contributed by atoms with E-state index in [1.54, 1.807) is 12.2 Å². The van der Waals surface area contributed by atoms with Crippen molar-refractivity contribution in [2.45, 2.75) is 27.2 Å². The van der Waals surface area contributed by atoms with Crippen LogP contribution in [0.15, 0.2) is 72.3 Å². The van der Waals surface area contributed by atoms with Gasteiger partial charge in [-0.25, -0.2) is 0 Å². The summed E-state index contributed by atoms with van der Waals surface area (Å²) in [4.78, 5) is 0. The van der Waals surface area contributed by atoms with Gasteiger partial charge in [0, 0.05) is 0 Å². The van der Waals surface area contributed by atoms with Crippen molar-refractivity contribution < 1.29 is 4.74 Å². The smallest absolute Gasteiger partial charge is 0.144 e. The first-order valence-electron chi connectivity index (χ1n) is 6.31. The molecular weight excluding hydrogens is 234 g/mol. The molecule has 19 heavy (non-hydrogen) atoms. The highest BCUT2D eigenvalue weighted by Crippen LogP contribution is 2.18. The molecule has 100 valence electrons. The average molecular weight is 255 g/mol. The number of rotatable bonds is 4. The maximum absolute atomic E-state index is 8.80. The van der Waals surface area contributed by atoms with E-state index in [0.717, 1.165) is 6.42 Å². The van der Waals surface area contributed by atoms with Gasteiger partial charge in [-0.05, 0) is 31.6 Å². The summed E-state index contributed by atoms with van der Waals surface area (Å²) in [5.41, 5.74) is 1.54. The van der Waals surface area contributed by atoms with Crippen LogP contribution >= 0.6 is 0 Å². The minimum Gasteiger partial charge on any atom is -0.456 e. The van der Waals surface area contributed by atoms with Gasteiger partial charge in [0.25, 0.3) is 0 Å². The molecule has 1 aliphatic carbocycles. The Morgan fingerprint density at radius 2 is 2.11 bits per heavy atom. The first-order chi connectivity index (χ1) is 9.17. The second kappa shape index (κ2) is 9.73. The minimum atomic E-state index is 0.282. The third-order valence-corrected chi connectivity index (χ3v) is 2.18. The van der Waals surface area contributed by atoms with Gasteiger partial charge in [-0.15, -0.1) is 0 Å². The Kier molecular flexibility index (Phi) is 8.57. The maximum Gasteiger partial charge on any atom is 0.144 e. The Bertz CT molecular complexity index is 482. The van der Waals surface area contributed by atoms with E-state index in [1.165, 1.54) is 5.57 Å². The van der Waals surface area contributed by atoms with E-state index >= 15 is 0 Å². The first kappa shape index (κ1) is 16.7. The summed E-state index contributed by atoms with van der Waals surface area (Å²) in [6.45, 7) is 13.3. The van der Waals surface area contributed by atoms with E-state index in [9.17, 15) is 0 Å². The number of ether oxygens (including phenoxy) is 1. The Labute approximate surface area is 116 Å². The molecule has 0 aromatic rings. The van der Waals surface area contributed by atoms with E-state index < -0.39 is 0 Å². The van der Waals surface area contributed by atoms with Crippen LogP contribution in [0.25, 0.3) is 0 Å². The molecule has 0 heterocycles. The number of nitrogens with zero attached hydrogens (tertiary/aromatic N) is 1. The third kappa shape index (κ3) is 6.28. The largest absolute Gasteiger partial charge is 0.456 e. The first-order valence-corrected chi connectivity index (χ1v) is 6.31. The van der Waals surface area contributed by atoms with Crippen molar-refractivity contribution in [3.8, 4) is 6.07 Å². The normalized spacial score (nSPS) is 13.9. The van der Waals surface area contributed by atoms with Crippen LogP contribution in [0.5, 0.6) is 0 Å². The summed E-state index contributed by atoms with van der Waals surface area (Å²) in [5.74, 6) is 1.11.